The molecular formula is C23H31N7O. The summed E-state index contributed by atoms with van der Waals surface area (Å²) >= 11 is 0. The fourth-order valence-electron chi connectivity index (χ4n) is 5.07. The maximum absolute atomic E-state index is 13.1. The summed E-state index contributed by atoms with van der Waals surface area (Å²) in [7, 11) is 3.85. The van der Waals surface area contributed by atoms with E-state index in [1.165, 1.54) is 24.1 Å². The second-order valence-corrected chi connectivity index (χ2v) is 9.58. The van der Waals surface area contributed by atoms with E-state index in [9.17, 15) is 4.79 Å². The highest BCUT2D eigenvalue weighted by Gasteiger charge is 2.41. The number of carbonyl (C=O) groups is 1. The van der Waals surface area contributed by atoms with Gasteiger partial charge in [-0.2, -0.15) is 4.98 Å². The van der Waals surface area contributed by atoms with Crippen molar-refractivity contribution in [1.82, 2.24) is 15.4 Å². The number of fused-ring (bicyclic) bond motifs is 2. The topological polar surface area (TPSA) is 76.6 Å². The molecule has 0 spiro atoms. The van der Waals surface area contributed by atoms with Crippen LogP contribution in [-0.2, 0) is 11.3 Å². The number of nitrogens with one attached hydrogen (secondary N) is 2. The van der Waals surface area contributed by atoms with Crippen molar-refractivity contribution in [3.05, 3.63) is 30.0 Å². The molecule has 0 bridgehead atoms. The first-order chi connectivity index (χ1) is 14.8. The quantitative estimate of drug-likeness (QED) is 0.786. The Hall–Kier alpha value is -2.87. The van der Waals surface area contributed by atoms with Crippen LogP contribution in [0.15, 0.2) is 24.4 Å². The maximum atomic E-state index is 13.1. The number of amides is 1. The van der Waals surface area contributed by atoms with Gasteiger partial charge in [-0.1, -0.05) is 12.8 Å². The van der Waals surface area contributed by atoms with E-state index in [0.29, 0.717) is 18.5 Å². The molecule has 31 heavy (non-hydrogen) atoms. The number of hydrazine groups is 1. The van der Waals surface area contributed by atoms with Gasteiger partial charge in [0, 0.05) is 38.9 Å². The number of aromatic nitrogens is 2. The Morgan fingerprint density at radius 1 is 1.16 bits per heavy atom. The van der Waals surface area contributed by atoms with Gasteiger partial charge < -0.3 is 20.1 Å². The number of hydrogen-bond donors (Lipinski definition) is 2. The van der Waals surface area contributed by atoms with Gasteiger partial charge in [0.15, 0.2) is 5.82 Å². The molecule has 1 saturated carbocycles. The summed E-state index contributed by atoms with van der Waals surface area (Å²) in [4.78, 5) is 26.7. The van der Waals surface area contributed by atoms with Crippen LogP contribution in [0.5, 0.6) is 0 Å². The van der Waals surface area contributed by atoms with Crippen LogP contribution in [0.3, 0.4) is 0 Å². The largest absolute Gasteiger partial charge is 0.351 e. The van der Waals surface area contributed by atoms with E-state index in [1.54, 1.807) is 11.1 Å². The van der Waals surface area contributed by atoms with E-state index < -0.39 is 5.41 Å². The first-order valence-electron chi connectivity index (χ1n) is 11.1. The second kappa shape index (κ2) is 7.37. The minimum absolute atomic E-state index is 0.105. The van der Waals surface area contributed by atoms with Crippen molar-refractivity contribution in [3.8, 4) is 0 Å². The van der Waals surface area contributed by atoms with Gasteiger partial charge >= 0.3 is 0 Å². The zero-order valence-corrected chi connectivity index (χ0v) is 18.8. The van der Waals surface area contributed by atoms with Gasteiger partial charge in [0.1, 0.15) is 5.69 Å². The highest BCUT2D eigenvalue weighted by atomic mass is 16.2. The average Bonchev–Trinajstić information content (AvgIpc) is 3.40. The number of rotatable bonds is 3. The fourth-order valence-corrected chi connectivity index (χ4v) is 5.07. The van der Waals surface area contributed by atoms with Crippen LogP contribution in [0.2, 0.25) is 0 Å². The minimum Gasteiger partial charge on any atom is -0.351 e. The highest BCUT2D eigenvalue weighted by Crippen LogP contribution is 2.40. The predicted octanol–water partition coefficient (Wildman–Crippen LogP) is 3.43. The summed E-state index contributed by atoms with van der Waals surface area (Å²) in [5, 5.41) is 5.41. The molecule has 5 rings (SSSR count). The van der Waals surface area contributed by atoms with Gasteiger partial charge in [-0.25, -0.2) is 10.4 Å². The summed E-state index contributed by atoms with van der Waals surface area (Å²) in [6.07, 6.45) is 6.54. The van der Waals surface area contributed by atoms with Crippen LogP contribution in [0.4, 0.5) is 28.8 Å². The van der Waals surface area contributed by atoms with Crippen molar-refractivity contribution in [1.29, 1.82) is 0 Å². The average molecular weight is 422 g/mol. The SMILES string of the molecule is CN1NCc2cc(Nc3ncc4c(n3)N(C3CCCC3)CC(C)(C)C(=O)N4C)ccc21. The minimum atomic E-state index is -0.482. The van der Waals surface area contributed by atoms with Crippen molar-refractivity contribution in [3.63, 3.8) is 0 Å². The van der Waals surface area contributed by atoms with Crippen molar-refractivity contribution < 1.29 is 4.79 Å². The van der Waals surface area contributed by atoms with Crippen molar-refractivity contribution in [2.75, 3.05) is 40.8 Å². The summed E-state index contributed by atoms with van der Waals surface area (Å²) in [6.45, 7) is 5.54. The molecule has 1 fully saturated rings. The Kier molecular flexibility index (Phi) is 4.77. The molecule has 1 aliphatic carbocycles. The predicted molar refractivity (Wildman–Crippen MR) is 124 cm³/mol. The Labute approximate surface area is 183 Å². The fraction of sp³-hybridized carbons (Fsp3) is 0.522. The summed E-state index contributed by atoms with van der Waals surface area (Å²) < 4.78 is 0. The summed E-state index contributed by atoms with van der Waals surface area (Å²) in [6, 6.07) is 6.70. The number of benzene rings is 1. The molecule has 3 heterocycles. The third-order valence-electron chi connectivity index (χ3n) is 6.80. The van der Waals surface area contributed by atoms with Crippen LogP contribution < -0.4 is 25.6 Å². The van der Waals surface area contributed by atoms with E-state index in [1.807, 2.05) is 39.0 Å². The molecule has 0 atom stereocenters. The third-order valence-corrected chi connectivity index (χ3v) is 6.80. The maximum Gasteiger partial charge on any atom is 0.234 e. The number of nitrogens with zero attached hydrogens (tertiary/aromatic N) is 5. The third kappa shape index (κ3) is 3.48. The lowest BCUT2D eigenvalue weighted by Gasteiger charge is -2.34. The lowest BCUT2D eigenvalue weighted by Crippen LogP contribution is -2.45. The summed E-state index contributed by atoms with van der Waals surface area (Å²) in [5.41, 5.74) is 6.99. The second-order valence-electron chi connectivity index (χ2n) is 9.58. The molecule has 1 amide bonds. The van der Waals surface area contributed by atoms with Crippen LogP contribution in [-0.4, -0.2) is 42.6 Å². The lowest BCUT2D eigenvalue weighted by molar-refractivity contribution is -0.125. The van der Waals surface area contributed by atoms with Gasteiger partial charge in [0.25, 0.3) is 0 Å². The smallest absolute Gasteiger partial charge is 0.234 e. The number of anilines is 5. The molecule has 164 valence electrons. The first kappa shape index (κ1) is 20.1. The molecular weight excluding hydrogens is 390 g/mol. The van der Waals surface area contributed by atoms with Crippen LogP contribution >= 0.6 is 0 Å². The first-order valence-corrected chi connectivity index (χ1v) is 11.1. The van der Waals surface area contributed by atoms with E-state index in [-0.39, 0.29) is 5.91 Å². The molecule has 2 aromatic rings. The molecule has 3 aliphatic rings. The number of carbonyl (C=O) groups excluding carboxylic acids is 1. The Morgan fingerprint density at radius 2 is 1.94 bits per heavy atom. The standard InChI is InChI=1S/C23H31N7O/c1-23(2)14-30(17-7-5-6-8-17)20-19(28(3)21(23)31)13-24-22(27-20)26-16-9-10-18-15(11-16)12-25-29(18)4/h9-11,13,17,25H,5-8,12,14H2,1-4H3,(H,24,26,27). The van der Waals surface area contributed by atoms with Crippen molar-refractivity contribution >= 4 is 34.7 Å². The van der Waals surface area contributed by atoms with E-state index in [0.717, 1.165) is 36.6 Å². The van der Waals surface area contributed by atoms with Gasteiger partial charge in [0.2, 0.25) is 11.9 Å². The van der Waals surface area contributed by atoms with Crippen molar-refractivity contribution in [2.24, 2.45) is 5.41 Å². The Morgan fingerprint density at radius 3 is 2.71 bits per heavy atom. The molecule has 2 aliphatic heterocycles. The monoisotopic (exact) mass is 421 g/mol. The lowest BCUT2D eigenvalue weighted by atomic mass is 9.91. The normalized spacial score (nSPS) is 20.6. The van der Waals surface area contributed by atoms with E-state index in [2.05, 4.69) is 32.8 Å². The van der Waals surface area contributed by atoms with Gasteiger partial charge in [-0.15, -0.1) is 0 Å². The zero-order chi connectivity index (χ0) is 21.8. The van der Waals surface area contributed by atoms with E-state index >= 15 is 0 Å². The van der Waals surface area contributed by atoms with Crippen LogP contribution in [0.1, 0.15) is 45.1 Å². The zero-order valence-electron chi connectivity index (χ0n) is 18.8. The van der Waals surface area contributed by atoms with E-state index in [4.69, 9.17) is 4.98 Å². The van der Waals surface area contributed by atoms with Crippen LogP contribution in [0, 0.1) is 5.41 Å². The van der Waals surface area contributed by atoms with Crippen LogP contribution in [0.25, 0.3) is 0 Å². The molecule has 0 saturated heterocycles. The molecule has 8 nitrogen and oxygen atoms in total. The molecule has 0 unspecified atom stereocenters. The molecule has 2 N–H and O–H groups in total. The van der Waals surface area contributed by atoms with Gasteiger partial charge in [0.05, 0.1) is 17.3 Å². The Bertz CT molecular complexity index is 1010. The van der Waals surface area contributed by atoms with Gasteiger partial charge in [-0.3, -0.25) is 4.79 Å². The van der Waals surface area contributed by atoms with Crippen molar-refractivity contribution in [2.45, 2.75) is 52.1 Å². The highest BCUT2D eigenvalue weighted by molar-refractivity contribution is 6.00. The molecule has 8 heteroatoms. The molecule has 1 aromatic carbocycles. The summed E-state index contributed by atoms with van der Waals surface area (Å²) in [5.74, 6) is 1.52. The van der Waals surface area contributed by atoms with Gasteiger partial charge in [-0.05, 0) is 50.5 Å². The molecule has 1 aromatic heterocycles. The Balaban J connectivity index is 1.51. The molecule has 0 radical (unpaired) electrons. The number of hydrogen-bond acceptors (Lipinski definition) is 7.